The summed E-state index contributed by atoms with van der Waals surface area (Å²) in [5, 5.41) is 0. The largest absolute Gasteiger partial charge is 0.324 e. The first kappa shape index (κ1) is 12.4. The summed E-state index contributed by atoms with van der Waals surface area (Å²) in [5.74, 6) is 0.799. The standard InChI is InChI=1S/C14H28N2/c1-3-13-7-5-4-6-10-16(13)11-14(2,15)12-8-9-12/h12-13H,3-11,15H2,1-2H3. The van der Waals surface area contributed by atoms with Crippen LogP contribution in [0.2, 0.25) is 0 Å². The first-order valence-corrected chi connectivity index (χ1v) is 7.16. The maximum absolute atomic E-state index is 6.48. The van der Waals surface area contributed by atoms with Crippen molar-refractivity contribution >= 4 is 0 Å². The molecule has 2 aliphatic rings. The monoisotopic (exact) mass is 224 g/mol. The van der Waals surface area contributed by atoms with Crippen molar-refractivity contribution in [3.05, 3.63) is 0 Å². The maximum Gasteiger partial charge on any atom is 0.0283 e. The zero-order chi connectivity index (χ0) is 11.6. The minimum atomic E-state index is 0.0672. The lowest BCUT2D eigenvalue weighted by Gasteiger charge is -2.36. The Morgan fingerprint density at radius 2 is 1.94 bits per heavy atom. The number of rotatable bonds is 4. The van der Waals surface area contributed by atoms with Gasteiger partial charge >= 0.3 is 0 Å². The summed E-state index contributed by atoms with van der Waals surface area (Å²) < 4.78 is 0. The molecule has 0 spiro atoms. The second-order valence-electron chi connectivity index (χ2n) is 6.16. The number of likely N-dealkylation sites (tertiary alicyclic amines) is 1. The highest BCUT2D eigenvalue weighted by Gasteiger charge is 2.40. The van der Waals surface area contributed by atoms with Crippen LogP contribution in [0.4, 0.5) is 0 Å². The van der Waals surface area contributed by atoms with Crippen LogP contribution >= 0.6 is 0 Å². The number of nitrogens with two attached hydrogens (primary N) is 1. The first-order chi connectivity index (χ1) is 7.63. The maximum atomic E-state index is 6.48. The molecule has 0 amide bonds. The highest BCUT2D eigenvalue weighted by Crippen LogP contribution is 2.39. The predicted molar refractivity (Wildman–Crippen MR) is 69.4 cm³/mol. The van der Waals surface area contributed by atoms with Crippen LogP contribution in [0, 0.1) is 5.92 Å². The number of nitrogens with zero attached hydrogens (tertiary/aromatic N) is 1. The molecule has 2 atom stereocenters. The van der Waals surface area contributed by atoms with E-state index in [1.165, 1.54) is 51.5 Å². The molecule has 2 unspecified atom stereocenters. The lowest BCUT2D eigenvalue weighted by Crippen LogP contribution is -2.52. The molecule has 1 heterocycles. The van der Waals surface area contributed by atoms with Crippen molar-refractivity contribution in [2.24, 2.45) is 11.7 Å². The molecule has 2 nitrogen and oxygen atoms in total. The van der Waals surface area contributed by atoms with Gasteiger partial charge in [0.25, 0.3) is 0 Å². The molecule has 0 aromatic carbocycles. The Morgan fingerprint density at radius 1 is 1.19 bits per heavy atom. The number of hydrogen-bond donors (Lipinski definition) is 1. The van der Waals surface area contributed by atoms with E-state index in [4.69, 9.17) is 5.73 Å². The van der Waals surface area contributed by atoms with Gasteiger partial charge in [-0.05, 0) is 51.5 Å². The fourth-order valence-electron chi connectivity index (χ4n) is 3.22. The molecule has 0 radical (unpaired) electrons. The highest BCUT2D eigenvalue weighted by atomic mass is 15.2. The molecular weight excluding hydrogens is 196 g/mol. The van der Waals surface area contributed by atoms with Crippen LogP contribution in [0.1, 0.15) is 58.8 Å². The molecular formula is C14H28N2. The third-order valence-corrected chi connectivity index (χ3v) is 4.52. The molecule has 2 heteroatoms. The summed E-state index contributed by atoms with van der Waals surface area (Å²) in [5.41, 5.74) is 6.55. The molecule has 0 aromatic heterocycles. The van der Waals surface area contributed by atoms with Crippen molar-refractivity contribution in [1.29, 1.82) is 0 Å². The van der Waals surface area contributed by atoms with Crippen molar-refractivity contribution in [3.63, 3.8) is 0 Å². The summed E-state index contributed by atoms with van der Waals surface area (Å²) in [7, 11) is 0. The first-order valence-electron chi connectivity index (χ1n) is 7.16. The zero-order valence-electron chi connectivity index (χ0n) is 11.0. The van der Waals surface area contributed by atoms with Gasteiger partial charge in [-0.1, -0.05) is 19.8 Å². The Hall–Kier alpha value is -0.0800. The van der Waals surface area contributed by atoms with E-state index in [9.17, 15) is 0 Å². The zero-order valence-corrected chi connectivity index (χ0v) is 11.0. The van der Waals surface area contributed by atoms with Crippen molar-refractivity contribution in [2.75, 3.05) is 13.1 Å². The minimum absolute atomic E-state index is 0.0672. The molecule has 1 saturated heterocycles. The summed E-state index contributed by atoms with van der Waals surface area (Å²) in [6.45, 7) is 6.99. The van der Waals surface area contributed by atoms with Gasteiger partial charge in [-0.3, -0.25) is 4.90 Å². The van der Waals surface area contributed by atoms with E-state index in [-0.39, 0.29) is 5.54 Å². The van der Waals surface area contributed by atoms with Crippen LogP contribution in [0.5, 0.6) is 0 Å². The van der Waals surface area contributed by atoms with Gasteiger partial charge in [-0.2, -0.15) is 0 Å². The van der Waals surface area contributed by atoms with Gasteiger partial charge in [-0.25, -0.2) is 0 Å². The molecule has 2 fully saturated rings. The molecule has 1 aliphatic carbocycles. The van der Waals surface area contributed by atoms with Crippen LogP contribution in [-0.4, -0.2) is 29.6 Å². The highest BCUT2D eigenvalue weighted by molar-refractivity contribution is 4.98. The van der Waals surface area contributed by atoms with E-state index in [0.29, 0.717) is 0 Å². The van der Waals surface area contributed by atoms with Gasteiger partial charge < -0.3 is 5.73 Å². The molecule has 16 heavy (non-hydrogen) atoms. The smallest absolute Gasteiger partial charge is 0.0283 e. The van der Waals surface area contributed by atoms with Gasteiger partial charge in [0.15, 0.2) is 0 Å². The van der Waals surface area contributed by atoms with Crippen LogP contribution in [0.3, 0.4) is 0 Å². The van der Waals surface area contributed by atoms with Crippen molar-refractivity contribution in [3.8, 4) is 0 Å². The molecule has 1 saturated carbocycles. The Morgan fingerprint density at radius 3 is 2.56 bits per heavy atom. The van der Waals surface area contributed by atoms with Gasteiger partial charge in [0.05, 0.1) is 0 Å². The topological polar surface area (TPSA) is 29.3 Å². The average Bonchev–Trinajstić information content (AvgIpc) is 3.04. The van der Waals surface area contributed by atoms with Crippen LogP contribution in [0.15, 0.2) is 0 Å². The predicted octanol–water partition coefficient (Wildman–Crippen LogP) is 2.77. The summed E-state index contributed by atoms with van der Waals surface area (Å²) in [4.78, 5) is 2.69. The lowest BCUT2D eigenvalue weighted by molar-refractivity contribution is 0.146. The quantitative estimate of drug-likeness (QED) is 0.795. The summed E-state index contributed by atoms with van der Waals surface area (Å²) >= 11 is 0. The summed E-state index contributed by atoms with van der Waals surface area (Å²) in [6, 6.07) is 0.795. The Kier molecular flexibility index (Phi) is 3.91. The third-order valence-electron chi connectivity index (χ3n) is 4.52. The van der Waals surface area contributed by atoms with Gasteiger partial charge in [0.2, 0.25) is 0 Å². The van der Waals surface area contributed by atoms with E-state index < -0.39 is 0 Å². The van der Waals surface area contributed by atoms with E-state index in [0.717, 1.165) is 18.5 Å². The Labute approximate surface area is 101 Å². The van der Waals surface area contributed by atoms with E-state index in [2.05, 4.69) is 18.7 Å². The van der Waals surface area contributed by atoms with E-state index >= 15 is 0 Å². The molecule has 0 aromatic rings. The van der Waals surface area contributed by atoms with E-state index in [1.807, 2.05) is 0 Å². The van der Waals surface area contributed by atoms with Crippen LogP contribution in [0.25, 0.3) is 0 Å². The lowest BCUT2D eigenvalue weighted by atomic mass is 9.95. The van der Waals surface area contributed by atoms with Gasteiger partial charge in [-0.15, -0.1) is 0 Å². The van der Waals surface area contributed by atoms with Gasteiger partial charge in [0, 0.05) is 18.1 Å². The van der Waals surface area contributed by atoms with Crippen molar-refractivity contribution < 1.29 is 0 Å². The summed E-state index contributed by atoms with van der Waals surface area (Å²) in [6.07, 6.45) is 9.60. The molecule has 2 N–H and O–H groups in total. The van der Waals surface area contributed by atoms with E-state index in [1.54, 1.807) is 0 Å². The average molecular weight is 224 g/mol. The molecule has 0 bridgehead atoms. The Balaban J connectivity index is 1.93. The second kappa shape index (κ2) is 5.05. The van der Waals surface area contributed by atoms with Crippen molar-refractivity contribution in [1.82, 2.24) is 4.90 Å². The SMILES string of the molecule is CCC1CCCCCN1CC(C)(N)C1CC1. The fraction of sp³-hybridized carbons (Fsp3) is 1.00. The molecule has 94 valence electrons. The van der Waals surface area contributed by atoms with Crippen LogP contribution < -0.4 is 5.73 Å². The third kappa shape index (κ3) is 2.98. The normalized spacial score (nSPS) is 32.1. The van der Waals surface area contributed by atoms with Gasteiger partial charge in [0.1, 0.15) is 0 Å². The van der Waals surface area contributed by atoms with Crippen molar-refractivity contribution in [2.45, 2.75) is 70.4 Å². The van der Waals surface area contributed by atoms with Crippen LogP contribution in [-0.2, 0) is 0 Å². The molecule has 2 rings (SSSR count). The fourth-order valence-corrected chi connectivity index (χ4v) is 3.22. The Bertz CT molecular complexity index is 221. The minimum Gasteiger partial charge on any atom is -0.324 e. The second-order valence-corrected chi connectivity index (χ2v) is 6.16. The molecule has 1 aliphatic heterocycles. The number of hydrogen-bond acceptors (Lipinski definition) is 2.